The first-order valence-electron chi connectivity index (χ1n) is 6.27. The van der Waals surface area contributed by atoms with Crippen molar-refractivity contribution in [1.29, 1.82) is 0 Å². The van der Waals surface area contributed by atoms with Gasteiger partial charge in [-0.3, -0.25) is 9.36 Å². The van der Waals surface area contributed by atoms with Crippen molar-refractivity contribution in [3.63, 3.8) is 0 Å². The van der Waals surface area contributed by atoms with Crippen LogP contribution in [0.15, 0.2) is 29.6 Å². The second kappa shape index (κ2) is 6.73. The molecule has 0 aliphatic carbocycles. The number of carbonyl (C=O) groups is 1. The standard InChI is InChI=1S/C14H14Cl2N2O2S/c1-8(2)12-6-17-14(21-7-13(19)20)18(12)9-3-4-10(15)11(16)5-9/h3-6,8H,7H2,1-2H3,(H,19,20). The summed E-state index contributed by atoms with van der Waals surface area (Å²) in [5.74, 6) is -0.684. The van der Waals surface area contributed by atoms with Gasteiger partial charge in [-0.2, -0.15) is 0 Å². The van der Waals surface area contributed by atoms with Gasteiger partial charge in [0, 0.05) is 11.4 Å². The van der Waals surface area contributed by atoms with Gasteiger partial charge in [-0.25, -0.2) is 4.98 Å². The summed E-state index contributed by atoms with van der Waals surface area (Å²) in [6, 6.07) is 5.31. The van der Waals surface area contributed by atoms with Crippen LogP contribution in [0.1, 0.15) is 25.5 Å². The molecule has 0 amide bonds. The van der Waals surface area contributed by atoms with Crippen LogP contribution in [0.2, 0.25) is 10.0 Å². The number of carboxylic acids is 1. The maximum absolute atomic E-state index is 10.8. The van der Waals surface area contributed by atoms with Crippen LogP contribution in [0.4, 0.5) is 0 Å². The Morgan fingerprint density at radius 2 is 2.10 bits per heavy atom. The van der Waals surface area contributed by atoms with Crippen LogP contribution in [0.3, 0.4) is 0 Å². The van der Waals surface area contributed by atoms with Crippen LogP contribution in [-0.2, 0) is 4.79 Å². The Morgan fingerprint density at radius 1 is 1.38 bits per heavy atom. The molecule has 0 radical (unpaired) electrons. The quantitative estimate of drug-likeness (QED) is 0.812. The summed E-state index contributed by atoms with van der Waals surface area (Å²) >= 11 is 13.2. The van der Waals surface area contributed by atoms with E-state index in [2.05, 4.69) is 18.8 Å². The number of hydrogen-bond donors (Lipinski definition) is 1. The molecule has 4 nitrogen and oxygen atoms in total. The van der Waals surface area contributed by atoms with Gasteiger partial charge in [0.1, 0.15) is 0 Å². The lowest BCUT2D eigenvalue weighted by atomic mass is 10.1. The van der Waals surface area contributed by atoms with Crippen molar-refractivity contribution in [3.05, 3.63) is 40.1 Å². The maximum atomic E-state index is 10.8. The molecule has 0 fully saturated rings. The fraction of sp³-hybridized carbons (Fsp3) is 0.286. The lowest BCUT2D eigenvalue weighted by molar-refractivity contribution is -0.133. The minimum atomic E-state index is -0.880. The topological polar surface area (TPSA) is 55.1 Å². The first kappa shape index (κ1) is 16.2. The average Bonchev–Trinajstić information content (AvgIpc) is 2.83. The van der Waals surface area contributed by atoms with Gasteiger partial charge in [0.15, 0.2) is 5.16 Å². The van der Waals surface area contributed by atoms with Gasteiger partial charge in [-0.05, 0) is 24.1 Å². The van der Waals surface area contributed by atoms with Gasteiger partial charge < -0.3 is 5.11 Å². The van der Waals surface area contributed by atoms with Crippen molar-refractivity contribution in [2.45, 2.75) is 24.9 Å². The number of imidazole rings is 1. The van der Waals surface area contributed by atoms with Crippen LogP contribution in [0.25, 0.3) is 5.69 Å². The van der Waals surface area contributed by atoms with Crippen molar-refractivity contribution in [3.8, 4) is 5.69 Å². The van der Waals surface area contributed by atoms with E-state index in [9.17, 15) is 4.79 Å². The van der Waals surface area contributed by atoms with Crippen molar-refractivity contribution in [2.75, 3.05) is 5.75 Å². The molecule has 0 aliphatic rings. The summed E-state index contributed by atoms with van der Waals surface area (Å²) in [6.07, 6.45) is 1.76. The Hall–Kier alpha value is -1.17. The fourth-order valence-corrected chi connectivity index (χ4v) is 2.88. The monoisotopic (exact) mass is 344 g/mol. The summed E-state index contributed by atoms with van der Waals surface area (Å²) in [6.45, 7) is 4.10. The normalized spacial score (nSPS) is 11.1. The Morgan fingerprint density at radius 3 is 2.67 bits per heavy atom. The highest BCUT2D eigenvalue weighted by molar-refractivity contribution is 7.99. The molecule has 21 heavy (non-hydrogen) atoms. The van der Waals surface area contributed by atoms with E-state index < -0.39 is 5.97 Å². The number of benzene rings is 1. The third kappa shape index (κ3) is 3.73. The molecule has 2 aromatic rings. The molecular formula is C14H14Cl2N2O2S. The molecule has 1 heterocycles. The van der Waals surface area contributed by atoms with Gasteiger partial charge in [0.2, 0.25) is 0 Å². The smallest absolute Gasteiger partial charge is 0.313 e. The van der Waals surface area contributed by atoms with Crippen LogP contribution in [-0.4, -0.2) is 26.4 Å². The van der Waals surface area contributed by atoms with E-state index in [4.69, 9.17) is 28.3 Å². The van der Waals surface area contributed by atoms with Crippen molar-refractivity contribution >= 4 is 40.9 Å². The van der Waals surface area contributed by atoms with Crippen molar-refractivity contribution in [2.24, 2.45) is 0 Å². The molecule has 0 atom stereocenters. The zero-order valence-corrected chi connectivity index (χ0v) is 13.8. The molecule has 1 aromatic heterocycles. The Kier molecular flexibility index (Phi) is 5.19. The third-order valence-electron chi connectivity index (χ3n) is 2.83. The van der Waals surface area contributed by atoms with E-state index in [1.165, 1.54) is 11.8 Å². The second-order valence-electron chi connectivity index (χ2n) is 4.74. The van der Waals surface area contributed by atoms with Crippen LogP contribution >= 0.6 is 35.0 Å². The average molecular weight is 345 g/mol. The van der Waals surface area contributed by atoms with E-state index >= 15 is 0 Å². The number of nitrogens with zero attached hydrogens (tertiary/aromatic N) is 2. The molecule has 0 unspecified atom stereocenters. The van der Waals surface area contributed by atoms with E-state index in [0.717, 1.165) is 11.4 Å². The van der Waals surface area contributed by atoms with E-state index in [1.54, 1.807) is 18.3 Å². The summed E-state index contributed by atoms with van der Waals surface area (Å²) in [7, 11) is 0. The number of hydrogen-bond acceptors (Lipinski definition) is 3. The number of aromatic nitrogens is 2. The SMILES string of the molecule is CC(C)c1cnc(SCC(=O)O)n1-c1ccc(Cl)c(Cl)c1. The molecule has 0 saturated carbocycles. The molecule has 0 bridgehead atoms. The maximum Gasteiger partial charge on any atom is 0.313 e. The predicted molar refractivity (Wildman–Crippen MR) is 86.0 cm³/mol. The number of aliphatic carboxylic acids is 1. The first-order valence-corrected chi connectivity index (χ1v) is 8.02. The number of carboxylic acid groups (broad SMARTS) is 1. The molecule has 1 aromatic carbocycles. The largest absolute Gasteiger partial charge is 0.481 e. The molecular weight excluding hydrogens is 331 g/mol. The second-order valence-corrected chi connectivity index (χ2v) is 6.49. The lowest BCUT2D eigenvalue weighted by Crippen LogP contribution is -2.05. The Bertz CT molecular complexity index is 671. The molecule has 0 saturated heterocycles. The minimum absolute atomic E-state index is 0.0458. The van der Waals surface area contributed by atoms with Crippen molar-refractivity contribution < 1.29 is 9.90 Å². The van der Waals surface area contributed by atoms with E-state index in [-0.39, 0.29) is 11.7 Å². The molecule has 7 heteroatoms. The van der Waals surface area contributed by atoms with Crippen LogP contribution in [0, 0.1) is 0 Å². The number of halogens is 2. The molecule has 0 spiro atoms. The molecule has 0 aliphatic heterocycles. The summed E-state index contributed by atoms with van der Waals surface area (Å²) in [5, 5.41) is 10.4. The van der Waals surface area contributed by atoms with Gasteiger partial charge in [0.05, 0.1) is 22.0 Å². The highest BCUT2D eigenvalue weighted by Crippen LogP contribution is 2.30. The van der Waals surface area contributed by atoms with E-state index in [1.807, 2.05) is 10.6 Å². The van der Waals surface area contributed by atoms with Crippen molar-refractivity contribution in [1.82, 2.24) is 9.55 Å². The van der Waals surface area contributed by atoms with Gasteiger partial charge >= 0.3 is 5.97 Å². The molecule has 112 valence electrons. The number of thioether (sulfide) groups is 1. The molecule has 2 rings (SSSR count). The summed E-state index contributed by atoms with van der Waals surface area (Å²) in [4.78, 5) is 15.1. The van der Waals surface area contributed by atoms with Gasteiger partial charge in [0.25, 0.3) is 0 Å². The third-order valence-corrected chi connectivity index (χ3v) is 4.51. The van der Waals surface area contributed by atoms with E-state index in [0.29, 0.717) is 15.2 Å². The fourth-order valence-electron chi connectivity index (χ4n) is 1.87. The molecule has 1 N–H and O–H groups in total. The lowest BCUT2D eigenvalue weighted by Gasteiger charge is -2.14. The highest BCUT2D eigenvalue weighted by Gasteiger charge is 2.16. The Labute approximate surface area is 137 Å². The van der Waals surface area contributed by atoms with Gasteiger partial charge in [-0.1, -0.05) is 48.8 Å². The van der Waals surface area contributed by atoms with Crippen LogP contribution in [0.5, 0.6) is 0 Å². The Balaban J connectivity index is 2.49. The zero-order chi connectivity index (χ0) is 15.6. The minimum Gasteiger partial charge on any atom is -0.481 e. The first-order chi connectivity index (χ1) is 9.90. The number of rotatable bonds is 5. The van der Waals surface area contributed by atoms with Crippen LogP contribution < -0.4 is 0 Å². The summed E-state index contributed by atoms with van der Waals surface area (Å²) in [5.41, 5.74) is 1.81. The highest BCUT2D eigenvalue weighted by atomic mass is 35.5. The predicted octanol–water partition coefficient (Wildman–Crippen LogP) is 4.48. The van der Waals surface area contributed by atoms with Gasteiger partial charge in [-0.15, -0.1) is 0 Å². The summed E-state index contributed by atoms with van der Waals surface area (Å²) < 4.78 is 1.92. The zero-order valence-electron chi connectivity index (χ0n) is 11.5.